The second-order valence-electron chi connectivity index (χ2n) is 4.96. The SMILES string of the molecule is CNC(C(=O)O)C(C1CCCCC1)N(C)C. The third kappa shape index (κ3) is 3.19. The molecule has 0 spiro atoms. The first-order valence-electron chi connectivity index (χ1n) is 6.14. The van der Waals surface area contributed by atoms with E-state index in [0.717, 1.165) is 12.8 Å². The molecule has 2 unspecified atom stereocenters. The normalized spacial score (nSPS) is 22.0. The predicted octanol–water partition coefficient (Wildman–Crippen LogP) is 1.17. The second kappa shape index (κ2) is 6.21. The molecule has 1 aliphatic rings. The Bertz CT molecular complexity index is 225. The van der Waals surface area contributed by atoms with Gasteiger partial charge in [-0.25, -0.2) is 0 Å². The Morgan fingerprint density at radius 1 is 1.31 bits per heavy atom. The van der Waals surface area contributed by atoms with Crippen molar-refractivity contribution in [3.05, 3.63) is 0 Å². The number of nitrogens with zero attached hydrogens (tertiary/aromatic N) is 1. The zero-order chi connectivity index (χ0) is 12.1. The van der Waals surface area contributed by atoms with Crippen molar-refractivity contribution < 1.29 is 9.90 Å². The van der Waals surface area contributed by atoms with Crippen molar-refractivity contribution in [2.75, 3.05) is 21.1 Å². The fraction of sp³-hybridized carbons (Fsp3) is 0.917. The molecule has 0 bridgehead atoms. The molecule has 1 fully saturated rings. The lowest BCUT2D eigenvalue weighted by Gasteiger charge is -2.38. The zero-order valence-electron chi connectivity index (χ0n) is 10.6. The van der Waals surface area contributed by atoms with Gasteiger partial charge in [-0.15, -0.1) is 0 Å². The highest BCUT2D eigenvalue weighted by Crippen LogP contribution is 2.29. The second-order valence-corrected chi connectivity index (χ2v) is 4.96. The Morgan fingerprint density at radius 2 is 1.88 bits per heavy atom. The monoisotopic (exact) mass is 228 g/mol. The lowest BCUT2D eigenvalue weighted by molar-refractivity contribution is -0.141. The molecular formula is C12H24N2O2. The molecule has 1 rings (SSSR count). The molecule has 4 heteroatoms. The van der Waals surface area contributed by atoms with E-state index in [9.17, 15) is 9.90 Å². The molecule has 94 valence electrons. The Hall–Kier alpha value is -0.610. The van der Waals surface area contributed by atoms with Crippen molar-refractivity contribution in [2.24, 2.45) is 5.92 Å². The number of carbonyl (C=O) groups is 1. The highest BCUT2D eigenvalue weighted by Gasteiger charge is 2.35. The first-order valence-corrected chi connectivity index (χ1v) is 6.14. The number of carboxylic acid groups (broad SMARTS) is 1. The molecule has 1 saturated carbocycles. The summed E-state index contributed by atoms with van der Waals surface area (Å²) in [5.74, 6) is -0.232. The largest absolute Gasteiger partial charge is 0.480 e. The van der Waals surface area contributed by atoms with Crippen LogP contribution < -0.4 is 5.32 Å². The maximum Gasteiger partial charge on any atom is 0.322 e. The van der Waals surface area contributed by atoms with Crippen LogP contribution in [0.2, 0.25) is 0 Å². The number of aliphatic carboxylic acids is 1. The first-order chi connectivity index (χ1) is 7.57. The summed E-state index contributed by atoms with van der Waals surface area (Å²) in [7, 11) is 5.69. The van der Waals surface area contributed by atoms with Gasteiger partial charge in [-0.3, -0.25) is 4.79 Å². The third-order valence-corrected chi connectivity index (χ3v) is 3.65. The first kappa shape index (κ1) is 13.5. The van der Waals surface area contributed by atoms with Gasteiger partial charge in [0.15, 0.2) is 0 Å². The maximum atomic E-state index is 11.2. The van der Waals surface area contributed by atoms with Crippen LogP contribution in [0.5, 0.6) is 0 Å². The van der Waals surface area contributed by atoms with Crippen LogP contribution in [-0.2, 0) is 4.79 Å². The van der Waals surface area contributed by atoms with Crippen LogP contribution in [0.25, 0.3) is 0 Å². The molecule has 1 aliphatic carbocycles. The minimum atomic E-state index is -0.744. The Labute approximate surface area is 98.0 Å². The summed E-state index contributed by atoms with van der Waals surface area (Å²) in [5, 5.41) is 12.2. The molecule has 0 aliphatic heterocycles. The topological polar surface area (TPSA) is 52.6 Å². The third-order valence-electron chi connectivity index (χ3n) is 3.65. The van der Waals surface area contributed by atoms with Crippen molar-refractivity contribution >= 4 is 5.97 Å². The van der Waals surface area contributed by atoms with Gasteiger partial charge in [0.1, 0.15) is 6.04 Å². The number of carboxylic acids is 1. The molecule has 0 aromatic heterocycles. The van der Waals surface area contributed by atoms with Crippen molar-refractivity contribution in [3.63, 3.8) is 0 Å². The number of likely N-dealkylation sites (N-methyl/N-ethyl adjacent to an activating group) is 2. The molecule has 0 heterocycles. The van der Waals surface area contributed by atoms with Gasteiger partial charge in [-0.1, -0.05) is 19.3 Å². The van der Waals surface area contributed by atoms with Gasteiger partial charge < -0.3 is 15.3 Å². The lowest BCUT2D eigenvalue weighted by atomic mass is 9.80. The molecule has 2 atom stereocenters. The maximum absolute atomic E-state index is 11.2. The number of rotatable bonds is 5. The predicted molar refractivity (Wildman–Crippen MR) is 64.5 cm³/mol. The summed E-state index contributed by atoms with van der Waals surface area (Å²) in [6.45, 7) is 0. The van der Waals surface area contributed by atoms with Gasteiger partial charge in [0, 0.05) is 6.04 Å². The number of nitrogens with one attached hydrogen (secondary N) is 1. The van der Waals surface area contributed by atoms with E-state index in [0.29, 0.717) is 5.92 Å². The van der Waals surface area contributed by atoms with E-state index in [2.05, 4.69) is 10.2 Å². The average Bonchev–Trinajstić information content (AvgIpc) is 2.25. The Morgan fingerprint density at radius 3 is 2.25 bits per heavy atom. The van der Waals surface area contributed by atoms with Crippen LogP contribution >= 0.6 is 0 Å². The molecular weight excluding hydrogens is 204 g/mol. The van der Waals surface area contributed by atoms with Gasteiger partial charge in [0.05, 0.1) is 0 Å². The van der Waals surface area contributed by atoms with Crippen LogP contribution in [0.4, 0.5) is 0 Å². The summed E-state index contributed by atoms with van der Waals surface area (Å²) in [5.41, 5.74) is 0. The minimum Gasteiger partial charge on any atom is -0.480 e. The smallest absolute Gasteiger partial charge is 0.322 e. The molecule has 4 nitrogen and oxygen atoms in total. The molecule has 0 aromatic carbocycles. The van der Waals surface area contributed by atoms with E-state index in [1.807, 2.05) is 14.1 Å². The molecule has 0 aromatic rings. The summed E-state index contributed by atoms with van der Waals surface area (Å²) < 4.78 is 0. The van der Waals surface area contributed by atoms with E-state index in [4.69, 9.17) is 0 Å². The fourth-order valence-corrected chi connectivity index (χ4v) is 2.91. The van der Waals surface area contributed by atoms with Crippen molar-refractivity contribution in [3.8, 4) is 0 Å². The van der Waals surface area contributed by atoms with Crippen molar-refractivity contribution in [1.29, 1.82) is 0 Å². The standard InChI is InChI=1S/C12H24N2O2/c1-13-10(12(15)16)11(14(2)3)9-7-5-4-6-8-9/h9-11,13H,4-8H2,1-3H3,(H,15,16). The highest BCUT2D eigenvalue weighted by atomic mass is 16.4. The summed E-state index contributed by atoms with van der Waals surface area (Å²) >= 11 is 0. The van der Waals surface area contributed by atoms with E-state index in [1.54, 1.807) is 7.05 Å². The van der Waals surface area contributed by atoms with Gasteiger partial charge in [0.2, 0.25) is 0 Å². The van der Waals surface area contributed by atoms with Crippen LogP contribution in [0.1, 0.15) is 32.1 Å². The van der Waals surface area contributed by atoms with Crippen LogP contribution in [0.3, 0.4) is 0 Å². The van der Waals surface area contributed by atoms with Gasteiger partial charge in [0.25, 0.3) is 0 Å². The quantitative estimate of drug-likeness (QED) is 0.741. The average molecular weight is 228 g/mol. The van der Waals surface area contributed by atoms with Crippen LogP contribution in [0, 0.1) is 5.92 Å². The van der Waals surface area contributed by atoms with E-state index in [-0.39, 0.29) is 6.04 Å². The van der Waals surface area contributed by atoms with Gasteiger partial charge in [-0.05, 0) is 39.9 Å². The zero-order valence-corrected chi connectivity index (χ0v) is 10.6. The lowest BCUT2D eigenvalue weighted by Crippen LogP contribution is -2.54. The summed E-state index contributed by atoms with van der Waals surface area (Å²) in [6.07, 6.45) is 6.10. The molecule has 0 amide bonds. The molecule has 16 heavy (non-hydrogen) atoms. The van der Waals surface area contributed by atoms with Gasteiger partial charge in [-0.2, -0.15) is 0 Å². The van der Waals surface area contributed by atoms with Crippen LogP contribution in [-0.4, -0.2) is 49.2 Å². The van der Waals surface area contributed by atoms with Crippen molar-refractivity contribution in [2.45, 2.75) is 44.2 Å². The van der Waals surface area contributed by atoms with E-state index < -0.39 is 12.0 Å². The summed E-state index contributed by atoms with van der Waals surface area (Å²) in [4.78, 5) is 13.3. The fourth-order valence-electron chi connectivity index (χ4n) is 2.91. The summed E-state index contributed by atoms with van der Waals surface area (Å²) in [6, 6.07) is -0.360. The number of hydrogen-bond acceptors (Lipinski definition) is 3. The Balaban J connectivity index is 2.75. The van der Waals surface area contributed by atoms with Crippen LogP contribution in [0.15, 0.2) is 0 Å². The minimum absolute atomic E-state index is 0.0998. The Kier molecular flexibility index (Phi) is 5.22. The molecule has 0 saturated heterocycles. The van der Waals surface area contributed by atoms with E-state index in [1.165, 1.54) is 19.3 Å². The highest BCUT2D eigenvalue weighted by molar-refractivity contribution is 5.74. The van der Waals surface area contributed by atoms with Crippen molar-refractivity contribution in [1.82, 2.24) is 10.2 Å². The number of hydrogen-bond donors (Lipinski definition) is 2. The van der Waals surface area contributed by atoms with Gasteiger partial charge >= 0.3 is 5.97 Å². The molecule has 2 N–H and O–H groups in total. The van der Waals surface area contributed by atoms with E-state index >= 15 is 0 Å². The molecule has 0 radical (unpaired) electrons.